The number of hydrogen-bond acceptors (Lipinski definition) is 5. The Bertz CT molecular complexity index is 819. The molecule has 2 amide bonds. The van der Waals surface area contributed by atoms with E-state index >= 15 is 0 Å². The lowest BCUT2D eigenvalue weighted by molar-refractivity contribution is -0.120. The van der Waals surface area contributed by atoms with E-state index in [4.69, 9.17) is 0 Å². The summed E-state index contributed by atoms with van der Waals surface area (Å²) in [5.41, 5.74) is 0.429. The molecule has 0 aromatic carbocycles. The van der Waals surface area contributed by atoms with Crippen LogP contribution < -0.4 is 16.2 Å². The Labute approximate surface area is 130 Å². The van der Waals surface area contributed by atoms with Gasteiger partial charge in [0.15, 0.2) is 0 Å². The van der Waals surface area contributed by atoms with Crippen LogP contribution in [-0.4, -0.2) is 34.0 Å². The molecule has 2 aromatic heterocycles. The van der Waals surface area contributed by atoms with Crippen molar-refractivity contribution in [2.45, 2.75) is 25.8 Å². The van der Waals surface area contributed by atoms with Crippen LogP contribution in [0.25, 0.3) is 10.2 Å². The zero-order valence-corrected chi connectivity index (χ0v) is 13.1. The van der Waals surface area contributed by atoms with Crippen LogP contribution in [0.5, 0.6) is 0 Å². The number of thiophene rings is 1. The predicted octanol–water partition coefficient (Wildman–Crippen LogP) is 0.312. The molecule has 2 N–H and O–H groups in total. The Morgan fingerprint density at radius 3 is 2.86 bits per heavy atom. The molecule has 7 nitrogen and oxygen atoms in total. The van der Waals surface area contributed by atoms with Crippen LogP contribution >= 0.6 is 11.3 Å². The highest BCUT2D eigenvalue weighted by molar-refractivity contribution is 7.20. The zero-order chi connectivity index (χ0) is 15.9. The Morgan fingerprint density at radius 2 is 2.18 bits per heavy atom. The second-order valence-corrected chi connectivity index (χ2v) is 6.42. The van der Waals surface area contributed by atoms with E-state index in [1.165, 1.54) is 10.9 Å². The smallest absolute Gasteiger partial charge is 0.262 e. The van der Waals surface area contributed by atoms with Gasteiger partial charge in [-0.05, 0) is 25.3 Å². The summed E-state index contributed by atoms with van der Waals surface area (Å²) in [7, 11) is 1.62. The largest absolute Gasteiger partial charge is 0.352 e. The van der Waals surface area contributed by atoms with E-state index in [1.807, 2.05) is 0 Å². The van der Waals surface area contributed by atoms with Crippen LogP contribution in [0.4, 0.5) is 0 Å². The second kappa shape index (κ2) is 5.53. The average molecular weight is 320 g/mol. The molecule has 1 aliphatic rings. The van der Waals surface area contributed by atoms with Crippen molar-refractivity contribution >= 4 is 33.4 Å². The molecule has 3 rings (SSSR count). The number of fused-ring (bicyclic) bond motifs is 1. The first kappa shape index (κ1) is 14.7. The van der Waals surface area contributed by atoms with Crippen LogP contribution in [0.2, 0.25) is 0 Å². The minimum atomic E-state index is -0.353. The molecular weight excluding hydrogens is 304 g/mol. The minimum Gasteiger partial charge on any atom is -0.352 e. The van der Waals surface area contributed by atoms with Crippen molar-refractivity contribution in [1.29, 1.82) is 0 Å². The maximum atomic E-state index is 12.2. The number of amides is 2. The van der Waals surface area contributed by atoms with Crippen molar-refractivity contribution in [2.75, 3.05) is 6.54 Å². The molecule has 116 valence electrons. The molecule has 2 heterocycles. The third-order valence-corrected chi connectivity index (χ3v) is 4.77. The molecule has 0 atom stereocenters. The van der Waals surface area contributed by atoms with Crippen molar-refractivity contribution in [3.8, 4) is 0 Å². The highest BCUT2D eigenvalue weighted by Gasteiger charge is 2.24. The van der Waals surface area contributed by atoms with Gasteiger partial charge in [0, 0.05) is 13.1 Å². The first-order valence-electron chi connectivity index (χ1n) is 6.99. The molecule has 8 heteroatoms. The van der Waals surface area contributed by atoms with Crippen LogP contribution in [0, 0.1) is 6.92 Å². The van der Waals surface area contributed by atoms with Gasteiger partial charge in [-0.2, -0.15) is 0 Å². The summed E-state index contributed by atoms with van der Waals surface area (Å²) in [6, 6.07) is 0.266. The first-order chi connectivity index (χ1) is 10.5. The molecule has 0 saturated heterocycles. The monoisotopic (exact) mass is 320 g/mol. The number of aryl methyl sites for hydroxylation is 2. The molecule has 0 bridgehead atoms. The molecule has 1 saturated carbocycles. The number of nitrogens with zero attached hydrogens (tertiary/aromatic N) is 2. The van der Waals surface area contributed by atoms with Crippen molar-refractivity contribution in [2.24, 2.45) is 7.05 Å². The molecule has 0 radical (unpaired) electrons. The van der Waals surface area contributed by atoms with Crippen LogP contribution in [-0.2, 0) is 11.8 Å². The Balaban J connectivity index is 1.79. The van der Waals surface area contributed by atoms with Gasteiger partial charge >= 0.3 is 0 Å². The summed E-state index contributed by atoms with van der Waals surface area (Å²) in [5.74, 6) is -0.544. The Kier molecular flexibility index (Phi) is 3.69. The maximum absolute atomic E-state index is 12.2. The summed E-state index contributed by atoms with van der Waals surface area (Å²) in [5, 5.41) is 5.85. The van der Waals surface area contributed by atoms with Crippen LogP contribution in [0.15, 0.2) is 11.1 Å². The van der Waals surface area contributed by atoms with Gasteiger partial charge in [0.25, 0.3) is 11.5 Å². The summed E-state index contributed by atoms with van der Waals surface area (Å²) < 4.78 is 1.38. The zero-order valence-electron chi connectivity index (χ0n) is 12.3. The van der Waals surface area contributed by atoms with Crippen molar-refractivity contribution in [1.82, 2.24) is 20.2 Å². The standard InChI is InChI=1S/C14H16N4O3S/c1-7-10-13(16-6-18(2)14(10)21)22-11(7)12(20)15-5-9(19)17-8-3-4-8/h6,8H,3-5H2,1-2H3,(H,15,20)(H,17,19). The van der Waals surface area contributed by atoms with Crippen molar-refractivity contribution < 1.29 is 9.59 Å². The number of hydrogen-bond donors (Lipinski definition) is 2. The quantitative estimate of drug-likeness (QED) is 0.848. The molecule has 0 unspecified atom stereocenters. The minimum absolute atomic E-state index is 0.0611. The average Bonchev–Trinajstić information content (AvgIpc) is 3.22. The fourth-order valence-electron chi connectivity index (χ4n) is 2.17. The van der Waals surface area contributed by atoms with Crippen LogP contribution in [0.3, 0.4) is 0 Å². The van der Waals surface area contributed by atoms with Gasteiger partial charge in [-0.3, -0.25) is 14.4 Å². The van der Waals surface area contributed by atoms with Gasteiger partial charge in [0.1, 0.15) is 4.83 Å². The van der Waals surface area contributed by atoms with E-state index in [0.717, 1.165) is 24.2 Å². The molecule has 0 spiro atoms. The van der Waals surface area contributed by atoms with Gasteiger partial charge in [-0.25, -0.2) is 4.98 Å². The summed E-state index contributed by atoms with van der Waals surface area (Å²) in [6.07, 6.45) is 3.44. The molecule has 2 aromatic rings. The number of carbonyl (C=O) groups is 2. The lowest BCUT2D eigenvalue weighted by Gasteiger charge is -2.05. The summed E-state index contributed by atoms with van der Waals surface area (Å²) >= 11 is 1.16. The Hall–Kier alpha value is -2.22. The van der Waals surface area contributed by atoms with Gasteiger partial charge < -0.3 is 15.2 Å². The molecular formula is C14H16N4O3S. The summed E-state index contributed by atoms with van der Waals surface area (Å²) in [6.45, 7) is 1.66. The van der Waals surface area contributed by atoms with Gasteiger partial charge in [0.2, 0.25) is 5.91 Å². The number of nitrogens with one attached hydrogen (secondary N) is 2. The highest BCUT2D eigenvalue weighted by atomic mass is 32.1. The number of aromatic nitrogens is 2. The molecule has 0 aliphatic heterocycles. The molecule has 22 heavy (non-hydrogen) atoms. The third-order valence-electron chi connectivity index (χ3n) is 3.57. The topological polar surface area (TPSA) is 93.1 Å². The predicted molar refractivity (Wildman–Crippen MR) is 83.1 cm³/mol. The number of carbonyl (C=O) groups excluding carboxylic acids is 2. The fourth-order valence-corrected chi connectivity index (χ4v) is 3.23. The molecule has 1 fully saturated rings. The van der Waals surface area contributed by atoms with Gasteiger partial charge in [0.05, 0.1) is 23.1 Å². The normalized spacial score (nSPS) is 14.1. The van der Waals surface area contributed by atoms with E-state index in [1.54, 1.807) is 14.0 Å². The summed E-state index contributed by atoms with van der Waals surface area (Å²) in [4.78, 5) is 41.1. The third kappa shape index (κ3) is 2.74. The lowest BCUT2D eigenvalue weighted by atomic mass is 10.2. The maximum Gasteiger partial charge on any atom is 0.262 e. The molecule has 1 aliphatic carbocycles. The fraction of sp³-hybridized carbons (Fsp3) is 0.429. The van der Waals surface area contributed by atoms with E-state index in [0.29, 0.717) is 20.7 Å². The van der Waals surface area contributed by atoms with Crippen molar-refractivity contribution in [3.63, 3.8) is 0 Å². The number of rotatable bonds is 4. The lowest BCUT2D eigenvalue weighted by Crippen LogP contribution is -2.37. The highest BCUT2D eigenvalue weighted by Crippen LogP contribution is 2.26. The van der Waals surface area contributed by atoms with E-state index < -0.39 is 0 Å². The SMILES string of the molecule is Cc1c(C(=O)NCC(=O)NC2CC2)sc2ncn(C)c(=O)c12. The first-order valence-corrected chi connectivity index (χ1v) is 7.81. The van der Waals surface area contributed by atoms with E-state index in [-0.39, 0.29) is 30.0 Å². The van der Waals surface area contributed by atoms with Crippen LogP contribution in [0.1, 0.15) is 28.1 Å². The second-order valence-electron chi connectivity index (χ2n) is 5.42. The van der Waals surface area contributed by atoms with E-state index in [9.17, 15) is 14.4 Å². The van der Waals surface area contributed by atoms with Crippen molar-refractivity contribution in [3.05, 3.63) is 27.1 Å². The van der Waals surface area contributed by atoms with Gasteiger partial charge in [-0.15, -0.1) is 11.3 Å². The Morgan fingerprint density at radius 1 is 1.45 bits per heavy atom. The van der Waals surface area contributed by atoms with E-state index in [2.05, 4.69) is 15.6 Å². The van der Waals surface area contributed by atoms with Gasteiger partial charge in [-0.1, -0.05) is 0 Å².